The molecule has 0 atom stereocenters. The predicted octanol–water partition coefficient (Wildman–Crippen LogP) is 0.746. The number of rotatable bonds is 5. The Morgan fingerprint density at radius 3 is 2.25 bits per heavy atom. The van der Waals surface area contributed by atoms with Gasteiger partial charge in [0.1, 0.15) is 0 Å². The lowest BCUT2D eigenvalue weighted by molar-refractivity contribution is -0.305. The summed E-state index contributed by atoms with van der Waals surface area (Å²) in [5.41, 5.74) is 0. The van der Waals surface area contributed by atoms with E-state index in [1.165, 1.54) is 25.7 Å². The minimum Gasteiger partial charge on any atom is -0.550 e. The fourth-order valence-corrected chi connectivity index (χ4v) is 2.12. The first kappa shape index (κ1) is 13.0. The number of amides is 1. The normalized spacial score (nSPS) is 17.8. The summed E-state index contributed by atoms with van der Waals surface area (Å²) in [6, 6.07) is 0.304. The molecule has 1 aliphatic carbocycles. The van der Waals surface area contributed by atoms with E-state index in [0.29, 0.717) is 18.9 Å². The molecule has 0 aromatic rings. The van der Waals surface area contributed by atoms with Crippen LogP contribution in [0.5, 0.6) is 0 Å². The van der Waals surface area contributed by atoms with E-state index in [9.17, 15) is 14.7 Å². The Hall–Kier alpha value is -1.06. The van der Waals surface area contributed by atoms with Crippen molar-refractivity contribution in [1.29, 1.82) is 0 Å². The van der Waals surface area contributed by atoms with Gasteiger partial charge in [-0.2, -0.15) is 0 Å². The summed E-state index contributed by atoms with van der Waals surface area (Å²) >= 11 is 0. The lowest BCUT2D eigenvalue weighted by Crippen LogP contribution is -2.34. The summed E-state index contributed by atoms with van der Waals surface area (Å²) in [4.78, 5) is 21.7. The van der Waals surface area contributed by atoms with E-state index < -0.39 is 5.97 Å². The second-order valence-corrected chi connectivity index (χ2v) is 4.48. The van der Waals surface area contributed by atoms with Crippen LogP contribution in [0.3, 0.4) is 0 Å². The largest absolute Gasteiger partial charge is 0.550 e. The molecule has 0 aromatic carbocycles. The molecule has 0 heterocycles. The highest BCUT2D eigenvalue weighted by Gasteiger charge is 2.14. The van der Waals surface area contributed by atoms with Crippen molar-refractivity contribution in [3.8, 4) is 0 Å². The SMILES string of the molecule is O=C([O-])CCCC(=O)NC1CCCCCC1. The van der Waals surface area contributed by atoms with Crippen molar-refractivity contribution < 1.29 is 14.7 Å². The van der Waals surface area contributed by atoms with Crippen LogP contribution in [-0.2, 0) is 9.59 Å². The molecular formula is C12H20NO3-. The zero-order valence-electron chi connectivity index (χ0n) is 9.67. The van der Waals surface area contributed by atoms with Gasteiger partial charge in [0.2, 0.25) is 5.91 Å². The van der Waals surface area contributed by atoms with Gasteiger partial charge < -0.3 is 15.2 Å². The van der Waals surface area contributed by atoms with Crippen LogP contribution in [0.1, 0.15) is 57.8 Å². The van der Waals surface area contributed by atoms with Crippen molar-refractivity contribution >= 4 is 11.9 Å². The third-order valence-electron chi connectivity index (χ3n) is 3.01. The molecule has 16 heavy (non-hydrogen) atoms. The Morgan fingerprint density at radius 1 is 1.06 bits per heavy atom. The Kier molecular flexibility index (Phi) is 5.90. The summed E-state index contributed by atoms with van der Waals surface area (Å²) in [7, 11) is 0. The molecule has 1 saturated carbocycles. The van der Waals surface area contributed by atoms with Gasteiger partial charge in [0.05, 0.1) is 0 Å². The smallest absolute Gasteiger partial charge is 0.220 e. The van der Waals surface area contributed by atoms with E-state index >= 15 is 0 Å². The lowest BCUT2D eigenvalue weighted by atomic mass is 10.1. The van der Waals surface area contributed by atoms with Crippen LogP contribution < -0.4 is 10.4 Å². The standard InChI is InChI=1S/C12H21NO3/c14-11(8-5-9-12(15)16)13-10-6-3-1-2-4-7-10/h10H,1-9H2,(H,13,14)(H,15,16)/p-1. The molecule has 0 spiro atoms. The molecule has 1 fully saturated rings. The average Bonchev–Trinajstić information content (AvgIpc) is 2.45. The average molecular weight is 226 g/mol. The molecule has 0 aliphatic heterocycles. The van der Waals surface area contributed by atoms with Crippen LogP contribution in [0, 0.1) is 0 Å². The van der Waals surface area contributed by atoms with Crippen molar-refractivity contribution in [2.24, 2.45) is 0 Å². The molecule has 0 radical (unpaired) electrons. The van der Waals surface area contributed by atoms with Crippen LogP contribution in [0.25, 0.3) is 0 Å². The van der Waals surface area contributed by atoms with E-state index in [4.69, 9.17) is 0 Å². The summed E-state index contributed by atoms with van der Waals surface area (Å²) in [6.45, 7) is 0. The third-order valence-corrected chi connectivity index (χ3v) is 3.01. The van der Waals surface area contributed by atoms with Crippen LogP contribution in [0.4, 0.5) is 0 Å². The second kappa shape index (κ2) is 7.25. The van der Waals surface area contributed by atoms with Crippen molar-refractivity contribution in [2.75, 3.05) is 0 Å². The number of hydrogen-bond acceptors (Lipinski definition) is 3. The summed E-state index contributed by atoms with van der Waals surface area (Å²) in [5, 5.41) is 13.2. The minimum absolute atomic E-state index is 0.0202. The zero-order chi connectivity index (χ0) is 11.8. The molecule has 1 N–H and O–H groups in total. The van der Waals surface area contributed by atoms with Gasteiger partial charge in [0.25, 0.3) is 0 Å². The van der Waals surface area contributed by atoms with Crippen LogP contribution in [-0.4, -0.2) is 17.9 Å². The number of carbonyl (C=O) groups excluding carboxylic acids is 2. The number of nitrogens with one attached hydrogen (secondary N) is 1. The Bertz CT molecular complexity index is 232. The fourth-order valence-electron chi connectivity index (χ4n) is 2.12. The van der Waals surface area contributed by atoms with Crippen molar-refractivity contribution in [3.05, 3.63) is 0 Å². The monoisotopic (exact) mass is 226 g/mol. The molecule has 4 nitrogen and oxygen atoms in total. The summed E-state index contributed by atoms with van der Waals surface area (Å²) < 4.78 is 0. The number of hydrogen-bond donors (Lipinski definition) is 1. The van der Waals surface area contributed by atoms with E-state index in [1.807, 2.05) is 0 Å². The van der Waals surface area contributed by atoms with Gasteiger partial charge in [-0.15, -0.1) is 0 Å². The van der Waals surface area contributed by atoms with Crippen molar-refractivity contribution in [2.45, 2.75) is 63.8 Å². The second-order valence-electron chi connectivity index (χ2n) is 4.48. The molecule has 1 aliphatic rings. The van der Waals surface area contributed by atoms with Gasteiger partial charge in [-0.3, -0.25) is 4.79 Å². The van der Waals surface area contributed by atoms with Crippen LogP contribution in [0.2, 0.25) is 0 Å². The molecule has 92 valence electrons. The van der Waals surface area contributed by atoms with Crippen molar-refractivity contribution in [3.63, 3.8) is 0 Å². The molecule has 1 rings (SSSR count). The van der Waals surface area contributed by atoms with Gasteiger partial charge in [-0.1, -0.05) is 25.7 Å². The van der Waals surface area contributed by atoms with E-state index in [-0.39, 0.29) is 12.3 Å². The quantitative estimate of drug-likeness (QED) is 0.703. The van der Waals surface area contributed by atoms with E-state index in [0.717, 1.165) is 12.8 Å². The van der Waals surface area contributed by atoms with E-state index in [1.54, 1.807) is 0 Å². The number of carboxylic acids is 1. The fraction of sp³-hybridized carbons (Fsp3) is 0.833. The molecular weight excluding hydrogens is 206 g/mol. The van der Waals surface area contributed by atoms with Gasteiger partial charge in [0, 0.05) is 18.4 Å². The minimum atomic E-state index is -1.08. The molecule has 0 unspecified atom stereocenters. The first-order valence-electron chi connectivity index (χ1n) is 6.17. The number of aliphatic carboxylic acids is 1. The molecule has 1 amide bonds. The van der Waals surface area contributed by atoms with Crippen LogP contribution >= 0.6 is 0 Å². The first-order valence-corrected chi connectivity index (χ1v) is 6.17. The summed E-state index contributed by atoms with van der Waals surface area (Å²) in [6.07, 6.45) is 7.66. The van der Waals surface area contributed by atoms with Gasteiger partial charge in [-0.25, -0.2) is 0 Å². The highest BCUT2D eigenvalue weighted by molar-refractivity contribution is 5.76. The van der Waals surface area contributed by atoms with Gasteiger partial charge in [0.15, 0.2) is 0 Å². The highest BCUT2D eigenvalue weighted by atomic mass is 16.4. The third kappa shape index (κ3) is 5.73. The maximum atomic E-state index is 11.5. The molecule has 0 bridgehead atoms. The topological polar surface area (TPSA) is 69.2 Å². The van der Waals surface area contributed by atoms with Crippen molar-refractivity contribution in [1.82, 2.24) is 5.32 Å². The first-order chi connectivity index (χ1) is 7.68. The molecule has 4 heteroatoms. The Morgan fingerprint density at radius 2 is 1.69 bits per heavy atom. The zero-order valence-corrected chi connectivity index (χ0v) is 9.67. The van der Waals surface area contributed by atoms with Gasteiger partial charge in [-0.05, 0) is 25.7 Å². The van der Waals surface area contributed by atoms with Crippen LogP contribution in [0.15, 0.2) is 0 Å². The lowest BCUT2D eigenvalue weighted by Gasteiger charge is -2.16. The maximum absolute atomic E-state index is 11.5. The maximum Gasteiger partial charge on any atom is 0.220 e. The predicted molar refractivity (Wildman–Crippen MR) is 58.5 cm³/mol. The Labute approximate surface area is 96.4 Å². The van der Waals surface area contributed by atoms with E-state index in [2.05, 4.69) is 5.32 Å². The number of carboxylic acid groups (broad SMARTS) is 1. The Balaban J connectivity index is 2.14. The summed E-state index contributed by atoms with van der Waals surface area (Å²) in [5.74, 6) is -1.10. The van der Waals surface area contributed by atoms with Gasteiger partial charge >= 0.3 is 0 Å². The molecule has 0 aromatic heterocycles. The highest BCUT2D eigenvalue weighted by Crippen LogP contribution is 2.17. The molecule has 0 saturated heterocycles. The number of carbonyl (C=O) groups is 2.